The Bertz CT molecular complexity index is 801. The fourth-order valence-corrected chi connectivity index (χ4v) is 2.63. The maximum absolute atomic E-state index is 4.69. The molecule has 0 bridgehead atoms. The van der Waals surface area contributed by atoms with Gasteiger partial charge in [0.15, 0.2) is 0 Å². The third-order valence-electron chi connectivity index (χ3n) is 4.12. The maximum Gasteiger partial charge on any atom is 0.225 e. The van der Waals surface area contributed by atoms with Gasteiger partial charge in [0, 0.05) is 24.7 Å². The highest BCUT2D eigenvalue weighted by atomic mass is 15.1. The van der Waals surface area contributed by atoms with E-state index in [-0.39, 0.29) is 0 Å². The molecule has 4 heteroatoms. The lowest BCUT2D eigenvalue weighted by atomic mass is 10.1. The molecule has 3 aromatic rings. The Morgan fingerprint density at radius 3 is 2.23 bits per heavy atom. The first kappa shape index (κ1) is 17.9. The van der Waals surface area contributed by atoms with E-state index in [2.05, 4.69) is 53.7 Å². The maximum atomic E-state index is 4.69. The van der Waals surface area contributed by atoms with Gasteiger partial charge < -0.3 is 10.6 Å². The van der Waals surface area contributed by atoms with Crippen LogP contribution in [-0.4, -0.2) is 16.5 Å². The molecule has 4 nitrogen and oxygen atoms in total. The van der Waals surface area contributed by atoms with E-state index in [1.165, 1.54) is 5.56 Å². The van der Waals surface area contributed by atoms with E-state index in [4.69, 9.17) is 4.98 Å². The molecule has 1 heterocycles. The number of nitrogens with zero attached hydrogens (tertiary/aromatic N) is 2. The van der Waals surface area contributed by atoms with Crippen LogP contribution in [0.1, 0.15) is 25.8 Å². The molecule has 0 saturated heterocycles. The van der Waals surface area contributed by atoms with Gasteiger partial charge in [0.05, 0.1) is 5.69 Å². The van der Waals surface area contributed by atoms with Crippen LogP contribution in [0.3, 0.4) is 0 Å². The molecular formula is C22H26N4. The minimum Gasteiger partial charge on any atom is -0.366 e. The fraction of sp³-hybridized carbons (Fsp3) is 0.273. The molecule has 0 unspecified atom stereocenters. The van der Waals surface area contributed by atoms with Crippen molar-refractivity contribution in [1.29, 1.82) is 0 Å². The number of anilines is 2. The summed E-state index contributed by atoms with van der Waals surface area (Å²) >= 11 is 0. The number of aromatic nitrogens is 2. The van der Waals surface area contributed by atoms with Crippen molar-refractivity contribution in [1.82, 2.24) is 9.97 Å². The topological polar surface area (TPSA) is 49.8 Å². The molecule has 0 saturated carbocycles. The summed E-state index contributed by atoms with van der Waals surface area (Å²) in [6.07, 6.45) is 1.09. The molecule has 0 aliphatic rings. The second-order valence-electron chi connectivity index (χ2n) is 6.78. The van der Waals surface area contributed by atoms with Crippen LogP contribution in [-0.2, 0) is 6.54 Å². The lowest BCUT2D eigenvalue weighted by Crippen LogP contribution is -2.10. The average molecular weight is 346 g/mol. The van der Waals surface area contributed by atoms with Gasteiger partial charge in [-0.3, -0.25) is 0 Å². The van der Waals surface area contributed by atoms with Gasteiger partial charge in [-0.15, -0.1) is 0 Å². The van der Waals surface area contributed by atoms with Crippen LogP contribution in [0, 0.1) is 5.92 Å². The first-order valence-electron chi connectivity index (χ1n) is 9.17. The number of rotatable bonds is 8. The van der Waals surface area contributed by atoms with E-state index in [0.717, 1.165) is 36.6 Å². The van der Waals surface area contributed by atoms with Gasteiger partial charge in [0.2, 0.25) is 5.95 Å². The first-order chi connectivity index (χ1) is 12.7. The van der Waals surface area contributed by atoms with Crippen molar-refractivity contribution in [3.63, 3.8) is 0 Å². The SMILES string of the molecule is CC(C)CCNc1nc(NCc2ccccc2)cc(-c2ccccc2)n1. The summed E-state index contributed by atoms with van der Waals surface area (Å²) in [6.45, 7) is 6.04. The van der Waals surface area contributed by atoms with Crippen LogP contribution >= 0.6 is 0 Å². The first-order valence-corrected chi connectivity index (χ1v) is 9.17. The van der Waals surface area contributed by atoms with Crippen molar-refractivity contribution in [2.45, 2.75) is 26.8 Å². The summed E-state index contributed by atoms with van der Waals surface area (Å²) in [5, 5.41) is 6.78. The van der Waals surface area contributed by atoms with Crippen molar-refractivity contribution >= 4 is 11.8 Å². The lowest BCUT2D eigenvalue weighted by molar-refractivity contribution is 0.606. The molecule has 0 fully saturated rings. The Morgan fingerprint density at radius 2 is 1.54 bits per heavy atom. The largest absolute Gasteiger partial charge is 0.366 e. The van der Waals surface area contributed by atoms with Gasteiger partial charge in [-0.25, -0.2) is 4.98 Å². The number of benzene rings is 2. The predicted molar refractivity (Wildman–Crippen MR) is 109 cm³/mol. The van der Waals surface area contributed by atoms with E-state index >= 15 is 0 Å². The lowest BCUT2D eigenvalue weighted by Gasteiger charge is -2.12. The second-order valence-corrected chi connectivity index (χ2v) is 6.78. The third kappa shape index (κ3) is 5.31. The van der Waals surface area contributed by atoms with E-state index in [9.17, 15) is 0 Å². The summed E-state index contributed by atoms with van der Waals surface area (Å²) in [5.74, 6) is 2.15. The van der Waals surface area contributed by atoms with Gasteiger partial charge >= 0.3 is 0 Å². The molecule has 3 rings (SSSR count). The fourth-order valence-electron chi connectivity index (χ4n) is 2.63. The standard InChI is InChI=1S/C22H26N4/c1-17(2)13-14-23-22-25-20(19-11-7-4-8-12-19)15-21(26-22)24-16-18-9-5-3-6-10-18/h3-12,15,17H,13-14,16H2,1-2H3,(H2,23,24,25,26). The van der Waals surface area contributed by atoms with Crippen LogP contribution in [0.15, 0.2) is 66.7 Å². The Kier molecular flexibility index (Phi) is 6.20. The highest BCUT2D eigenvalue weighted by Gasteiger charge is 2.07. The van der Waals surface area contributed by atoms with Crippen molar-refractivity contribution < 1.29 is 0 Å². The Balaban J connectivity index is 1.80. The van der Waals surface area contributed by atoms with E-state index in [0.29, 0.717) is 11.9 Å². The van der Waals surface area contributed by atoms with Gasteiger partial charge in [-0.2, -0.15) is 4.98 Å². The molecule has 0 radical (unpaired) electrons. The molecule has 0 spiro atoms. The normalized spacial score (nSPS) is 10.7. The number of nitrogens with one attached hydrogen (secondary N) is 2. The molecule has 2 aromatic carbocycles. The van der Waals surface area contributed by atoms with Crippen LogP contribution in [0.2, 0.25) is 0 Å². The summed E-state index contributed by atoms with van der Waals surface area (Å²) in [7, 11) is 0. The Labute approximate surface area is 155 Å². The average Bonchev–Trinajstić information content (AvgIpc) is 2.67. The van der Waals surface area contributed by atoms with Gasteiger partial charge in [0.25, 0.3) is 0 Å². The predicted octanol–water partition coefficient (Wildman–Crippen LogP) is 5.21. The minimum absolute atomic E-state index is 0.649. The second kappa shape index (κ2) is 8.99. The van der Waals surface area contributed by atoms with E-state index in [1.54, 1.807) is 0 Å². The summed E-state index contributed by atoms with van der Waals surface area (Å²) in [4.78, 5) is 9.33. The van der Waals surface area contributed by atoms with Crippen LogP contribution in [0.25, 0.3) is 11.3 Å². The van der Waals surface area contributed by atoms with E-state index in [1.807, 2.05) is 42.5 Å². The van der Waals surface area contributed by atoms with Gasteiger partial charge in [-0.1, -0.05) is 74.5 Å². The highest BCUT2D eigenvalue weighted by Crippen LogP contribution is 2.21. The molecular weight excluding hydrogens is 320 g/mol. The molecule has 0 aliphatic heterocycles. The Morgan fingerprint density at radius 1 is 0.846 bits per heavy atom. The van der Waals surface area contributed by atoms with E-state index < -0.39 is 0 Å². The van der Waals surface area contributed by atoms with Crippen LogP contribution < -0.4 is 10.6 Å². The summed E-state index contributed by atoms with van der Waals surface area (Å²) < 4.78 is 0. The molecule has 0 atom stereocenters. The van der Waals surface area contributed by atoms with Gasteiger partial charge in [-0.05, 0) is 17.9 Å². The molecule has 26 heavy (non-hydrogen) atoms. The van der Waals surface area contributed by atoms with Crippen LogP contribution in [0.4, 0.5) is 11.8 Å². The molecule has 134 valence electrons. The zero-order valence-corrected chi connectivity index (χ0v) is 15.4. The smallest absolute Gasteiger partial charge is 0.225 e. The minimum atomic E-state index is 0.649. The van der Waals surface area contributed by atoms with Crippen molar-refractivity contribution in [3.8, 4) is 11.3 Å². The van der Waals surface area contributed by atoms with Crippen LogP contribution in [0.5, 0.6) is 0 Å². The quantitative estimate of drug-likeness (QED) is 0.587. The molecule has 2 N–H and O–H groups in total. The molecule has 0 amide bonds. The summed E-state index contributed by atoms with van der Waals surface area (Å²) in [6, 6.07) is 22.5. The molecule has 0 aliphatic carbocycles. The number of hydrogen-bond acceptors (Lipinski definition) is 4. The zero-order valence-electron chi connectivity index (χ0n) is 15.4. The van der Waals surface area contributed by atoms with Crippen molar-refractivity contribution in [2.75, 3.05) is 17.2 Å². The van der Waals surface area contributed by atoms with Gasteiger partial charge in [0.1, 0.15) is 5.82 Å². The highest BCUT2D eigenvalue weighted by molar-refractivity contribution is 5.64. The Hall–Kier alpha value is -2.88. The summed E-state index contributed by atoms with van der Waals surface area (Å²) in [5.41, 5.74) is 3.23. The van der Waals surface area contributed by atoms with Crippen molar-refractivity contribution in [3.05, 3.63) is 72.3 Å². The molecule has 1 aromatic heterocycles. The third-order valence-corrected chi connectivity index (χ3v) is 4.12. The zero-order chi connectivity index (χ0) is 18.2. The number of hydrogen-bond donors (Lipinski definition) is 2. The monoisotopic (exact) mass is 346 g/mol. The van der Waals surface area contributed by atoms with Crippen molar-refractivity contribution in [2.24, 2.45) is 5.92 Å².